The Kier molecular flexibility index (Phi) is 8.86. The van der Waals surface area contributed by atoms with Crippen molar-refractivity contribution in [2.24, 2.45) is 16.7 Å². The molecule has 11 heteroatoms. The smallest absolute Gasteiger partial charge is 0.401 e. The molecule has 40 heavy (non-hydrogen) atoms. The highest BCUT2D eigenvalue weighted by molar-refractivity contribution is 7.97. The third kappa shape index (κ3) is 6.83. The molecule has 0 saturated heterocycles. The van der Waals surface area contributed by atoms with Crippen molar-refractivity contribution in [2.45, 2.75) is 37.4 Å². The molecular formula is C29H34F4N6S. The molecule has 0 aromatic heterocycles. The number of hydrogen-bond donors (Lipinski definition) is 3. The molecule has 0 spiro atoms. The lowest BCUT2D eigenvalue weighted by molar-refractivity contribution is -0.137. The second-order valence-electron chi connectivity index (χ2n) is 10.2. The second kappa shape index (κ2) is 12.0. The van der Waals surface area contributed by atoms with Crippen molar-refractivity contribution >= 4 is 17.6 Å². The van der Waals surface area contributed by atoms with Crippen molar-refractivity contribution in [3.8, 4) is 0 Å². The Morgan fingerprint density at radius 1 is 1.02 bits per heavy atom. The summed E-state index contributed by atoms with van der Waals surface area (Å²) in [6.45, 7) is 12.9. The molecule has 2 heterocycles. The minimum Gasteiger partial charge on any atom is -0.401 e. The Bertz CT molecular complexity index is 1340. The number of aryl methyl sites for hydroxylation is 1. The van der Waals surface area contributed by atoms with Crippen LogP contribution in [0.1, 0.15) is 35.6 Å². The van der Waals surface area contributed by atoms with Crippen molar-refractivity contribution in [1.29, 1.82) is 0 Å². The Hall–Kier alpha value is -3.41. The van der Waals surface area contributed by atoms with Crippen molar-refractivity contribution < 1.29 is 17.6 Å². The zero-order valence-electron chi connectivity index (χ0n) is 22.4. The summed E-state index contributed by atoms with van der Waals surface area (Å²) in [7, 11) is 0. The maximum Gasteiger partial charge on any atom is 0.416 e. The van der Waals surface area contributed by atoms with Gasteiger partial charge in [-0.1, -0.05) is 19.2 Å². The SMILES string of the molecule is C=C(CCc1ccc(C(F)(F)F)cc1CN(N)/C=C(/C)N)N1CC2=C(C1)CN(C(=C)c1ccc(SN)cc1F)C2. The van der Waals surface area contributed by atoms with E-state index in [4.69, 9.17) is 16.7 Å². The summed E-state index contributed by atoms with van der Waals surface area (Å²) < 4.78 is 54.7. The first kappa shape index (κ1) is 29.6. The number of alkyl halides is 3. The molecule has 0 aliphatic carbocycles. The summed E-state index contributed by atoms with van der Waals surface area (Å²) in [5, 5.41) is 6.82. The predicted molar refractivity (Wildman–Crippen MR) is 152 cm³/mol. The van der Waals surface area contributed by atoms with E-state index in [1.165, 1.54) is 34.5 Å². The monoisotopic (exact) mass is 574 g/mol. The van der Waals surface area contributed by atoms with E-state index >= 15 is 0 Å². The zero-order chi connectivity index (χ0) is 29.2. The molecule has 2 aromatic rings. The topological polar surface area (TPSA) is 87.8 Å². The van der Waals surface area contributed by atoms with Crippen LogP contribution in [-0.2, 0) is 19.1 Å². The molecule has 0 unspecified atom stereocenters. The van der Waals surface area contributed by atoms with Gasteiger partial charge in [-0.05, 0) is 84.3 Å². The van der Waals surface area contributed by atoms with E-state index in [0.717, 1.165) is 35.3 Å². The number of halogens is 4. The summed E-state index contributed by atoms with van der Waals surface area (Å²) >= 11 is 0.996. The Morgan fingerprint density at radius 2 is 1.68 bits per heavy atom. The fourth-order valence-electron chi connectivity index (χ4n) is 5.10. The quantitative estimate of drug-likeness (QED) is 0.116. The van der Waals surface area contributed by atoms with Crippen LogP contribution in [0.15, 0.2) is 83.2 Å². The van der Waals surface area contributed by atoms with Crippen molar-refractivity contribution in [3.05, 3.63) is 106 Å². The number of rotatable bonds is 10. The van der Waals surface area contributed by atoms with Crippen LogP contribution < -0.4 is 16.7 Å². The lowest BCUT2D eigenvalue weighted by Crippen LogP contribution is -2.29. The largest absolute Gasteiger partial charge is 0.416 e. The van der Waals surface area contributed by atoms with E-state index in [1.54, 1.807) is 19.1 Å². The van der Waals surface area contributed by atoms with Crippen LogP contribution in [0, 0.1) is 5.82 Å². The van der Waals surface area contributed by atoms with E-state index in [-0.39, 0.29) is 12.4 Å². The van der Waals surface area contributed by atoms with Gasteiger partial charge in [0.2, 0.25) is 0 Å². The van der Waals surface area contributed by atoms with Crippen LogP contribution >= 0.6 is 11.9 Å². The fraction of sp³-hybridized carbons (Fsp3) is 0.310. The van der Waals surface area contributed by atoms with E-state index in [9.17, 15) is 17.6 Å². The molecule has 0 saturated carbocycles. The third-order valence-corrected chi connectivity index (χ3v) is 7.71. The van der Waals surface area contributed by atoms with Gasteiger partial charge in [0.15, 0.2) is 0 Å². The van der Waals surface area contributed by atoms with E-state index in [1.807, 2.05) is 0 Å². The van der Waals surface area contributed by atoms with Crippen LogP contribution in [0.25, 0.3) is 5.70 Å². The summed E-state index contributed by atoms with van der Waals surface area (Å²) in [4.78, 5) is 4.91. The van der Waals surface area contributed by atoms with Gasteiger partial charge in [0.25, 0.3) is 0 Å². The molecule has 0 atom stereocenters. The van der Waals surface area contributed by atoms with E-state index in [2.05, 4.69) is 23.0 Å². The molecule has 0 fully saturated rings. The van der Waals surface area contributed by atoms with Crippen LogP contribution in [0.2, 0.25) is 0 Å². The molecular weight excluding hydrogens is 540 g/mol. The third-order valence-electron chi connectivity index (χ3n) is 7.18. The highest BCUT2D eigenvalue weighted by Crippen LogP contribution is 2.35. The normalized spacial score (nSPS) is 15.6. The minimum absolute atomic E-state index is 0.0912. The molecule has 0 bridgehead atoms. The summed E-state index contributed by atoms with van der Waals surface area (Å²) in [6, 6.07) is 8.66. The number of nitrogens with two attached hydrogens (primary N) is 3. The highest BCUT2D eigenvalue weighted by atomic mass is 32.2. The lowest BCUT2D eigenvalue weighted by Gasteiger charge is -2.28. The summed E-state index contributed by atoms with van der Waals surface area (Å²) in [5.41, 5.74) is 11.2. The van der Waals surface area contributed by atoms with Gasteiger partial charge >= 0.3 is 6.18 Å². The number of hydrazine groups is 1. The Balaban J connectivity index is 1.36. The molecule has 214 valence electrons. The number of allylic oxidation sites excluding steroid dienone is 2. The first-order valence-corrected chi connectivity index (χ1v) is 13.6. The van der Waals surface area contributed by atoms with Gasteiger partial charge in [0.1, 0.15) is 5.82 Å². The fourth-order valence-corrected chi connectivity index (χ4v) is 5.42. The van der Waals surface area contributed by atoms with Crippen molar-refractivity contribution in [1.82, 2.24) is 14.8 Å². The summed E-state index contributed by atoms with van der Waals surface area (Å²) in [5.74, 6) is 5.61. The molecule has 0 radical (unpaired) electrons. The maximum absolute atomic E-state index is 14.6. The predicted octanol–water partition coefficient (Wildman–Crippen LogP) is 5.35. The average molecular weight is 575 g/mol. The standard InChI is InChI=1S/C29H34F4N6S/c1-18(34)12-39(35)17-22-10-25(29(31,32)33)7-6-21(22)5-4-19(2)37-13-23-15-38(16-24(23)14-37)20(3)27-9-8-26(40-36)11-28(27)30/h6-12H,2-5,13-17,34-36H2,1H3/b18-12-. The van der Waals surface area contributed by atoms with Gasteiger partial charge in [-0.25, -0.2) is 10.2 Å². The van der Waals surface area contributed by atoms with Crippen LogP contribution in [-0.4, -0.2) is 41.0 Å². The van der Waals surface area contributed by atoms with Gasteiger partial charge in [0, 0.05) is 59.9 Å². The molecule has 2 aromatic carbocycles. The van der Waals surface area contributed by atoms with Gasteiger partial charge in [-0.15, -0.1) is 0 Å². The van der Waals surface area contributed by atoms with Gasteiger partial charge in [-0.3, -0.25) is 5.14 Å². The minimum atomic E-state index is -4.45. The Morgan fingerprint density at radius 3 is 2.25 bits per heavy atom. The summed E-state index contributed by atoms with van der Waals surface area (Å²) in [6.07, 6.45) is -1.86. The van der Waals surface area contributed by atoms with Gasteiger partial charge in [0.05, 0.1) is 12.1 Å². The van der Waals surface area contributed by atoms with Crippen molar-refractivity contribution in [2.75, 3.05) is 26.2 Å². The molecule has 6 nitrogen and oxygen atoms in total. The van der Waals surface area contributed by atoms with Crippen LogP contribution in [0.4, 0.5) is 17.6 Å². The van der Waals surface area contributed by atoms with Crippen LogP contribution in [0.3, 0.4) is 0 Å². The van der Waals surface area contributed by atoms with E-state index < -0.39 is 11.7 Å². The molecule has 2 aliphatic heterocycles. The molecule has 2 aliphatic rings. The highest BCUT2D eigenvalue weighted by Gasteiger charge is 2.33. The number of nitrogens with zero attached hydrogens (tertiary/aromatic N) is 3. The zero-order valence-corrected chi connectivity index (χ0v) is 23.2. The average Bonchev–Trinajstić information content (AvgIpc) is 3.46. The van der Waals surface area contributed by atoms with E-state index in [0.29, 0.717) is 66.4 Å². The van der Waals surface area contributed by atoms with Gasteiger partial charge in [-0.2, -0.15) is 13.2 Å². The molecule has 0 amide bonds. The molecule has 4 rings (SSSR count). The number of hydrogen-bond acceptors (Lipinski definition) is 7. The van der Waals surface area contributed by atoms with Gasteiger partial charge < -0.3 is 20.5 Å². The maximum atomic E-state index is 14.6. The first-order valence-electron chi connectivity index (χ1n) is 12.7. The van der Waals surface area contributed by atoms with Crippen molar-refractivity contribution in [3.63, 3.8) is 0 Å². The number of benzene rings is 2. The lowest BCUT2D eigenvalue weighted by atomic mass is 9.98. The first-order chi connectivity index (χ1) is 18.8. The molecule has 6 N–H and O–H groups in total. The second-order valence-corrected chi connectivity index (χ2v) is 10.9. The van der Waals surface area contributed by atoms with Crippen LogP contribution in [0.5, 0.6) is 0 Å². The Labute approximate surface area is 236 Å².